The molecule has 0 unspecified atom stereocenters. The van der Waals surface area contributed by atoms with Crippen LogP contribution in [0.15, 0.2) is 42.5 Å². The summed E-state index contributed by atoms with van der Waals surface area (Å²) in [5.41, 5.74) is 3.46. The average molecular weight is 354 g/mol. The van der Waals surface area contributed by atoms with Crippen molar-refractivity contribution in [3.8, 4) is 5.75 Å². The molecule has 24 heavy (non-hydrogen) atoms. The minimum Gasteiger partial charge on any atom is -0.405 e. The van der Waals surface area contributed by atoms with Crippen molar-refractivity contribution < 1.29 is 17.9 Å². The van der Waals surface area contributed by atoms with E-state index >= 15 is 0 Å². The maximum atomic E-state index is 12.4. The van der Waals surface area contributed by atoms with E-state index in [-0.39, 0.29) is 12.3 Å². The van der Waals surface area contributed by atoms with E-state index in [4.69, 9.17) is 12.2 Å². The molecule has 0 saturated heterocycles. The lowest BCUT2D eigenvalue weighted by Gasteiger charge is -2.15. The smallest absolute Gasteiger partial charge is 0.405 e. The molecule has 2 rings (SSSR count). The minimum absolute atomic E-state index is 0.114. The first-order valence-electron chi connectivity index (χ1n) is 7.20. The van der Waals surface area contributed by atoms with Crippen molar-refractivity contribution in [1.29, 1.82) is 0 Å². The van der Waals surface area contributed by atoms with Crippen molar-refractivity contribution in [2.45, 2.75) is 26.8 Å². The number of thiocarbonyl (C=S) groups is 1. The van der Waals surface area contributed by atoms with Crippen LogP contribution in [0.1, 0.15) is 16.7 Å². The van der Waals surface area contributed by atoms with Crippen molar-refractivity contribution in [2.24, 2.45) is 0 Å². The third kappa shape index (κ3) is 5.42. The van der Waals surface area contributed by atoms with E-state index in [2.05, 4.69) is 15.4 Å². The van der Waals surface area contributed by atoms with Gasteiger partial charge in [0.1, 0.15) is 5.75 Å². The van der Waals surface area contributed by atoms with Gasteiger partial charge >= 0.3 is 6.36 Å². The predicted molar refractivity (Wildman–Crippen MR) is 92.1 cm³/mol. The zero-order valence-corrected chi connectivity index (χ0v) is 14.0. The molecule has 0 bridgehead atoms. The zero-order chi connectivity index (χ0) is 17.7. The highest BCUT2D eigenvalue weighted by Gasteiger charge is 2.31. The van der Waals surface area contributed by atoms with Gasteiger partial charge < -0.3 is 15.4 Å². The lowest BCUT2D eigenvalue weighted by Crippen LogP contribution is -2.28. The third-order valence-corrected chi connectivity index (χ3v) is 3.65. The Kier molecular flexibility index (Phi) is 5.66. The number of para-hydroxylation sites is 1. The molecule has 0 aliphatic heterocycles. The minimum atomic E-state index is -4.73. The highest BCUT2D eigenvalue weighted by atomic mass is 32.1. The largest absolute Gasteiger partial charge is 0.573 e. The van der Waals surface area contributed by atoms with Gasteiger partial charge in [0.2, 0.25) is 0 Å². The van der Waals surface area contributed by atoms with Crippen LogP contribution in [0.25, 0.3) is 0 Å². The van der Waals surface area contributed by atoms with Gasteiger partial charge in [-0.25, -0.2) is 0 Å². The Morgan fingerprint density at radius 1 is 1.08 bits per heavy atom. The highest BCUT2D eigenvalue weighted by molar-refractivity contribution is 7.80. The van der Waals surface area contributed by atoms with Crippen LogP contribution < -0.4 is 15.4 Å². The topological polar surface area (TPSA) is 33.3 Å². The van der Waals surface area contributed by atoms with Crippen LogP contribution in [-0.2, 0) is 6.54 Å². The molecule has 0 aliphatic carbocycles. The molecule has 0 atom stereocenters. The molecule has 3 nitrogen and oxygen atoms in total. The van der Waals surface area contributed by atoms with Crippen LogP contribution >= 0.6 is 12.2 Å². The van der Waals surface area contributed by atoms with Gasteiger partial charge in [0.05, 0.1) is 0 Å². The maximum absolute atomic E-state index is 12.4. The molecule has 0 amide bonds. The van der Waals surface area contributed by atoms with Gasteiger partial charge in [-0.1, -0.05) is 24.3 Å². The number of aryl methyl sites for hydroxylation is 2. The summed E-state index contributed by atoms with van der Waals surface area (Å²) in [6, 6.07) is 11.7. The van der Waals surface area contributed by atoms with Gasteiger partial charge in [0.25, 0.3) is 0 Å². The number of anilines is 1. The Hall–Kier alpha value is -2.28. The number of benzene rings is 2. The maximum Gasteiger partial charge on any atom is 0.573 e. The van der Waals surface area contributed by atoms with Crippen LogP contribution in [0.5, 0.6) is 5.75 Å². The molecule has 0 heterocycles. The lowest BCUT2D eigenvalue weighted by atomic mass is 10.1. The van der Waals surface area contributed by atoms with Crippen LogP contribution in [-0.4, -0.2) is 11.5 Å². The monoisotopic (exact) mass is 354 g/mol. The van der Waals surface area contributed by atoms with E-state index in [1.807, 2.05) is 32.0 Å². The number of halogens is 3. The fraction of sp³-hybridized carbons (Fsp3) is 0.235. The molecule has 0 spiro atoms. The summed E-state index contributed by atoms with van der Waals surface area (Å²) in [6.07, 6.45) is -4.73. The van der Waals surface area contributed by atoms with E-state index in [0.29, 0.717) is 10.7 Å². The fourth-order valence-electron chi connectivity index (χ4n) is 2.04. The van der Waals surface area contributed by atoms with Crippen molar-refractivity contribution >= 4 is 23.0 Å². The van der Waals surface area contributed by atoms with Crippen molar-refractivity contribution in [3.63, 3.8) is 0 Å². The Morgan fingerprint density at radius 2 is 1.79 bits per heavy atom. The highest BCUT2D eigenvalue weighted by Crippen LogP contribution is 2.26. The number of nitrogens with one attached hydrogen (secondary N) is 2. The summed E-state index contributed by atoms with van der Waals surface area (Å²) in [4.78, 5) is 0. The summed E-state index contributed by atoms with van der Waals surface area (Å²) in [5, 5.41) is 6.21. The normalized spacial score (nSPS) is 11.0. The number of alkyl halides is 3. The van der Waals surface area contributed by atoms with E-state index < -0.39 is 6.36 Å². The summed E-state index contributed by atoms with van der Waals surface area (Å²) in [6.45, 7) is 4.11. The lowest BCUT2D eigenvalue weighted by molar-refractivity contribution is -0.274. The van der Waals surface area contributed by atoms with Crippen LogP contribution in [0.2, 0.25) is 0 Å². The van der Waals surface area contributed by atoms with Gasteiger partial charge in [-0.15, -0.1) is 13.2 Å². The second-order valence-electron chi connectivity index (χ2n) is 5.26. The van der Waals surface area contributed by atoms with E-state index in [9.17, 15) is 13.2 Å². The van der Waals surface area contributed by atoms with Gasteiger partial charge in [0, 0.05) is 17.8 Å². The van der Waals surface area contributed by atoms with Gasteiger partial charge in [-0.05, 0) is 55.4 Å². The quantitative estimate of drug-likeness (QED) is 0.781. The summed E-state index contributed by atoms with van der Waals surface area (Å²) in [5.74, 6) is -0.244. The Morgan fingerprint density at radius 3 is 2.46 bits per heavy atom. The standard InChI is InChI=1S/C17H17F3N2OS/c1-11-7-8-14(9-12(11)2)22-16(24)21-10-13-5-3-4-6-15(13)23-17(18,19)20/h3-9H,10H2,1-2H3,(H2,21,22,24). The first-order chi connectivity index (χ1) is 11.2. The molecule has 0 saturated carbocycles. The molecule has 0 fully saturated rings. The van der Waals surface area contributed by atoms with E-state index in [1.54, 1.807) is 12.1 Å². The third-order valence-electron chi connectivity index (χ3n) is 3.40. The Labute approximate surface area is 143 Å². The fourth-order valence-corrected chi connectivity index (χ4v) is 2.23. The van der Waals surface area contributed by atoms with Gasteiger partial charge in [0.15, 0.2) is 5.11 Å². The summed E-state index contributed by atoms with van der Waals surface area (Å²) >= 11 is 5.18. The number of ether oxygens (including phenoxy) is 1. The van der Waals surface area contributed by atoms with Crippen molar-refractivity contribution in [2.75, 3.05) is 5.32 Å². The molecule has 2 N–H and O–H groups in total. The molecule has 0 aliphatic rings. The van der Waals surface area contributed by atoms with Crippen LogP contribution in [0.3, 0.4) is 0 Å². The Balaban J connectivity index is 1.98. The second-order valence-corrected chi connectivity index (χ2v) is 5.67. The predicted octanol–water partition coefficient (Wildman–Crippen LogP) is 4.69. The summed E-state index contributed by atoms with van der Waals surface area (Å²) < 4.78 is 41.2. The van der Waals surface area contributed by atoms with Crippen LogP contribution in [0, 0.1) is 13.8 Å². The van der Waals surface area contributed by atoms with Crippen molar-refractivity contribution in [3.05, 3.63) is 59.2 Å². The Bertz CT molecular complexity index is 732. The van der Waals surface area contributed by atoms with Gasteiger partial charge in [-0.2, -0.15) is 0 Å². The average Bonchev–Trinajstić information content (AvgIpc) is 2.48. The summed E-state index contributed by atoms with van der Waals surface area (Å²) in [7, 11) is 0. The molecule has 0 radical (unpaired) electrons. The number of rotatable bonds is 4. The van der Waals surface area contributed by atoms with Gasteiger partial charge in [-0.3, -0.25) is 0 Å². The number of hydrogen-bond acceptors (Lipinski definition) is 2. The SMILES string of the molecule is Cc1ccc(NC(=S)NCc2ccccc2OC(F)(F)F)cc1C. The van der Waals surface area contributed by atoms with E-state index in [1.165, 1.54) is 12.1 Å². The van der Waals surface area contributed by atoms with Crippen molar-refractivity contribution in [1.82, 2.24) is 5.32 Å². The molecule has 2 aromatic carbocycles. The molecule has 0 aromatic heterocycles. The first-order valence-corrected chi connectivity index (χ1v) is 7.61. The van der Waals surface area contributed by atoms with Crippen LogP contribution in [0.4, 0.5) is 18.9 Å². The number of hydrogen-bond donors (Lipinski definition) is 2. The zero-order valence-electron chi connectivity index (χ0n) is 13.2. The molecular formula is C17H17F3N2OS. The first kappa shape index (κ1) is 18.1. The molecular weight excluding hydrogens is 337 g/mol. The second kappa shape index (κ2) is 7.53. The van der Waals surface area contributed by atoms with E-state index in [0.717, 1.165) is 16.8 Å². The molecule has 2 aromatic rings. The molecule has 7 heteroatoms. The molecule has 128 valence electrons.